The molecule has 1 aromatic rings. The Balaban J connectivity index is 1.96. The van der Waals surface area contributed by atoms with Crippen LogP contribution in [0.4, 0.5) is 0 Å². The monoisotopic (exact) mass is 203 g/mol. The number of thioether (sulfide) groups is 1. The molecule has 5 heteroatoms. The molecule has 0 aliphatic carbocycles. The molecule has 0 saturated carbocycles. The molecular formula is C7H13N3S2. The summed E-state index contributed by atoms with van der Waals surface area (Å²) in [5.41, 5.74) is 0. The maximum absolute atomic E-state index is 4.09. The Morgan fingerprint density at radius 2 is 2.50 bits per heavy atom. The molecule has 0 spiro atoms. The van der Waals surface area contributed by atoms with E-state index in [2.05, 4.69) is 14.7 Å². The smallest absolute Gasteiger partial charge is 0.169 e. The van der Waals surface area contributed by atoms with Crippen molar-refractivity contribution < 1.29 is 0 Å². The zero-order chi connectivity index (χ0) is 8.65. The molecule has 0 saturated heterocycles. The van der Waals surface area contributed by atoms with Gasteiger partial charge in [-0.1, -0.05) is 11.8 Å². The standard InChI is InChI=1S/C7H13N3S2/c1-8-4-2-3-5-11-7-9-6-10-12-7/h6,8H,2-5H2,1H3. The van der Waals surface area contributed by atoms with Gasteiger partial charge in [0.25, 0.3) is 0 Å². The second-order valence-corrected chi connectivity index (χ2v) is 4.49. The molecule has 0 unspecified atom stereocenters. The second kappa shape index (κ2) is 6.39. The van der Waals surface area contributed by atoms with Crippen molar-refractivity contribution in [2.45, 2.75) is 17.2 Å². The molecular weight excluding hydrogens is 190 g/mol. The minimum Gasteiger partial charge on any atom is -0.320 e. The summed E-state index contributed by atoms with van der Waals surface area (Å²) in [6.07, 6.45) is 4.09. The van der Waals surface area contributed by atoms with Crippen LogP contribution < -0.4 is 5.32 Å². The number of rotatable bonds is 6. The Morgan fingerprint density at radius 1 is 1.58 bits per heavy atom. The number of aromatic nitrogens is 2. The molecule has 68 valence electrons. The normalized spacial score (nSPS) is 10.4. The third kappa shape index (κ3) is 4.04. The van der Waals surface area contributed by atoms with Crippen molar-refractivity contribution in [1.29, 1.82) is 0 Å². The van der Waals surface area contributed by atoms with E-state index in [4.69, 9.17) is 0 Å². The largest absolute Gasteiger partial charge is 0.320 e. The number of hydrogen-bond acceptors (Lipinski definition) is 5. The number of hydrogen-bond donors (Lipinski definition) is 1. The quantitative estimate of drug-likeness (QED) is 0.563. The van der Waals surface area contributed by atoms with Crippen LogP contribution in [0.25, 0.3) is 0 Å². The van der Waals surface area contributed by atoms with Gasteiger partial charge in [-0.2, -0.15) is 4.37 Å². The zero-order valence-corrected chi connectivity index (χ0v) is 8.75. The van der Waals surface area contributed by atoms with E-state index in [0.717, 1.165) is 16.6 Å². The van der Waals surface area contributed by atoms with Crippen molar-refractivity contribution >= 4 is 23.3 Å². The van der Waals surface area contributed by atoms with Gasteiger partial charge >= 0.3 is 0 Å². The third-order valence-electron chi connectivity index (χ3n) is 1.39. The SMILES string of the molecule is CNCCCCSc1ncns1. The van der Waals surface area contributed by atoms with Crippen LogP contribution in [0.2, 0.25) is 0 Å². The average molecular weight is 203 g/mol. The fraction of sp³-hybridized carbons (Fsp3) is 0.714. The first-order chi connectivity index (χ1) is 5.93. The highest BCUT2D eigenvalue weighted by atomic mass is 32.2. The average Bonchev–Trinajstić information content (AvgIpc) is 2.57. The van der Waals surface area contributed by atoms with Crippen LogP contribution in [-0.4, -0.2) is 28.7 Å². The fourth-order valence-corrected chi connectivity index (χ4v) is 2.30. The summed E-state index contributed by atoms with van der Waals surface area (Å²) in [7, 11) is 1.98. The van der Waals surface area contributed by atoms with E-state index in [1.54, 1.807) is 18.1 Å². The van der Waals surface area contributed by atoms with E-state index < -0.39 is 0 Å². The number of unbranched alkanes of at least 4 members (excludes halogenated alkanes) is 1. The molecule has 1 rings (SSSR count). The van der Waals surface area contributed by atoms with Crippen molar-refractivity contribution in [3.8, 4) is 0 Å². The molecule has 0 aromatic carbocycles. The van der Waals surface area contributed by atoms with Gasteiger partial charge in [-0.05, 0) is 38.0 Å². The van der Waals surface area contributed by atoms with Crippen LogP contribution in [0, 0.1) is 0 Å². The molecule has 0 bridgehead atoms. The van der Waals surface area contributed by atoms with Gasteiger partial charge in [0.15, 0.2) is 4.34 Å². The summed E-state index contributed by atoms with van der Waals surface area (Å²) in [6, 6.07) is 0. The molecule has 0 aliphatic rings. The van der Waals surface area contributed by atoms with Gasteiger partial charge in [0.2, 0.25) is 0 Å². The van der Waals surface area contributed by atoms with Crippen LogP contribution in [0.5, 0.6) is 0 Å². The summed E-state index contributed by atoms with van der Waals surface area (Å²) in [6.45, 7) is 1.11. The molecule has 1 heterocycles. The predicted molar refractivity (Wildman–Crippen MR) is 53.8 cm³/mol. The lowest BCUT2D eigenvalue weighted by Gasteiger charge is -1.97. The molecule has 12 heavy (non-hydrogen) atoms. The summed E-state index contributed by atoms with van der Waals surface area (Å²) >= 11 is 3.27. The molecule has 0 fully saturated rings. The second-order valence-electron chi connectivity index (χ2n) is 2.37. The van der Waals surface area contributed by atoms with Crippen LogP contribution in [-0.2, 0) is 0 Å². The summed E-state index contributed by atoms with van der Waals surface area (Å²) in [5.74, 6) is 1.15. The van der Waals surface area contributed by atoms with E-state index >= 15 is 0 Å². The topological polar surface area (TPSA) is 37.8 Å². The Kier molecular flexibility index (Phi) is 5.30. The Bertz CT molecular complexity index is 189. The summed E-state index contributed by atoms with van der Waals surface area (Å²) in [5, 5.41) is 3.13. The van der Waals surface area contributed by atoms with Gasteiger partial charge in [-0.3, -0.25) is 0 Å². The summed E-state index contributed by atoms with van der Waals surface area (Å²) in [4.78, 5) is 4.09. The van der Waals surface area contributed by atoms with E-state index in [-0.39, 0.29) is 0 Å². The van der Waals surface area contributed by atoms with E-state index in [1.807, 2.05) is 7.05 Å². The molecule has 1 aromatic heterocycles. The highest BCUT2D eigenvalue weighted by Crippen LogP contribution is 2.18. The first-order valence-electron chi connectivity index (χ1n) is 3.97. The maximum atomic E-state index is 4.09. The molecule has 0 radical (unpaired) electrons. The maximum Gasteiger partial charge on any atom is 0.169 e. The van der Waals surface area contributed by atoms with E-state index in [1.165, 1.54) is 24.4 Å². The van der Waals surface area contributed by atoms with Crippen LogP contribution in [0.3, 0.4) is 0 Å². The molecule has 0 atom stereocenters. The minimum atomic E-state index is 1.08. The lowest BCUT2D eigenvalue weighted by Crippen LogP contribution is -2.07. The number of nitrogens with zero attached hydrogens (tertiary/aromatic N) is 2. The highest BCUT2D eigenvalue weighted by Gasteiger charge is 1.95. The lowest BCUT2D eigenvalue weighted by atomic mass is 10.3. The number of nitrogens with one attached hydrogen (secondary N) is 1. The van der Waals surface area contributed by atoms with Gasteiger partial charge in [-0.15, -0.1) is 0 Å². The first kappa shape index (κ1) is 9.95. The molecule has 1 N–H and O–H groups in total. The van der Waals surface area contributed by atoms with Crippen molar-refractivity contribution in [2.24, 2.45) is 0 Å². The van der Waals surface area contributed by atoms with E-state index in [9.17, 15) is 0 Å². The lowest BCUT2D eigenvalue weighted by molar-refractivity contribution is 0.715. The predicted octanol–water partition coefficient (Wildman–Crippen LogP) is 1.63. The highest BCUT2D eigenvalue weighted by molar-refractivity contribution is 8.00. The first-order valence-corrected chi connectivity index (χ1v) is 5.73. The van der Waals surface area contributed by atoms with E-state index in [0.29, 0.717) is 0 Å². The molecule has 3 nitrogen and oxygen atoms in total. The zero-order valence-electron chi connectivity index (χ0n) is 7.12. The van der Waals surface area contributed by atoms with Crippen LogP contribution >= 0.6 is 23.3 Å². The Morgan fingerprint density at radius 3 is 3.17 bits per heavy atom. The third-order valence-corrected chi connectivity index (χ3v) is 3.27. The molecule has 0 amide bonds. The van der Waals surface area contributed by atoms with Crippen molar-refractivity contribution in [3.05, 3.63) is 6.33 Å². The molecule has 0 aliphatic heterocycles. The summed E-state index contributed by atoms with van der Waals surface area (Å²) < 4.78 is 5.02. The van der Waals surface area contributed by atoms with Gasteiger partial charge in [0, 0.05) is 5.75 Å². The van der Waals surface area contributed by atoms with Gasteiger partial charge < -0.3 is 5.32 Å². The van der Waals surface area contributed by atoms with Crippen LogP contribution in [0.15, 0.2) is 10.7 Å². The minimum absolute atomic E-state index is 1.08. The van der Waals surface area contributed by atoms with Crippen molar-refractivity contribution in [3.63, 3.8) is 0 Å². The van der Waals surface area contributed by atoms with Crippen LogP contribution in [0.1, 0.15) is 12.8 Å². The Hall–Kier alpha value is -0.130. The fourth-order valence-electron chi connectivity index (χ4n) is 0.790. The Labute approximate surface area is 81.1 Å². The van der Waals surface area contributed by atoms with Gasteiger partial charge in [0.05, 0.1) is 0 Å². The van der Waals surface area contributed by atoms with Gasteiger partial charge in [0.1, 0.15) is 6.33 Å². The van der Waals surface area contributed by atoms with Crippen molar-refractivity contribution in [1.82, 2.24) is 14.7 Å². The van der Waals surface area contributed by atoms with Crippen molar-refractivity contribution in [2.75, 3.05) is 19.3 Å². The van der Waals surface area contributed by atoms with Gasteiger partial charge in [-0.25, -0.2) is 4.98 Å².